The summed E-state index contributed by atoms with van der Waals surface area (Å²) in [7, 11) is -2.00. The highest BCUT2D eigenvalue weighted by atomic mass is 32.2. The van der Waals surface area contributed by atoms with Gasteiger partial charge in [-0.25, -0.2) is 0 Å². The van der Waals surface area contributed by atoms with Crippen molar-refractivity contribution in [3.8, 4) is 16.9 Å². The van der Waals surface area contributed by atoms with Crippen molar-refractivity contribution in [3.05, 3.63) is 54.1 Å². The lowest BCUT2D eigenvalue weighted by atomic mass is 9.98. The first-order valence-corrected chi connectivity index (χ1v) is 9.90. The molecule has 0 saturated carbocycles. The molecule has 0 aliphatic heterocycles. The molecule has 0 aromatic heterocycles. The number of carbonyl (C=O) groups excluding carboxylic acids is 1. The Morgan fingerprint density at radius 1 is 1.15 bits per heavy atom. The summed E-state index contributed by atoms with van der Waals surface area (Å²) in [6.07, 6.45) is 2.36. The predicted octanol–water partition coefficient (Wildman–Crippen LogP) is 2.92. The Kier molecular flexibility index (Phi) is 8.28. The van der Waals surface area contributed by atoms with Crippen LogP contribution in [0.4, 0.5) is 0 Å². The van der Waals surface area contributed by atoms with Crippen LogP contribution in [-0.2, 0) is 21.3 Å². The second-order valence-electron chi connectivity index (χ2n) is 6.00. The number of aryl methyl sites for hydroxylation is 1. The molecule has 0 saturated heterocycles. The zero-order valence-corrected chi connectivity index (χ0v) is 16.0. The first-order valence-electron chi connectivity index (χ1n) is 8.05. The Hall–Kier alpha value is -2.38. The molecule has 6 nitrogen and oxygen atoms in total. The van der Waals surface area contributed by atoms with Crippen LogP contribution in [0.15, 0.2) is 48.5 Å². The molecule has 0 spiro atoms. The molecule has 3 N–H and O–H groups in total. The van der Waals surface area contributed by atoms with Crippen molar-refractivity contribution in [3.63, 3.8) is 0 Å². The highest BCUT2D eigenvalue weighted by Gasteiger charge is 2.08. The molecule has 26 heavy (non-hydrogen) atoms. The minimum atomic E-state index is -3.67. The molecule has 0 heterocycles. The Labute approximate surface area is 154 Å². The average Bonchev–Trinajstić information content (AvgIpc) is 2.58. The monoisotopic (exact) mass is 379 g/mol. The van der Waals surface area contributed by atoms with Crippen molar-refractivity contribution in [2.24, 2.45) is 11.7 Å². The Bertz CT molecular complexity index is 808. The van der Waals surface area contributed by atoms with E-state index in [1.807, 2.05) is 25.1 Å². The fourth-order valence-electron chi connectivity index (χ4n) is 2.19. The maximum Gasteiger partial charge on any atom is 0.261 e. The lowest BCUT2D eigenvalue weighted by molar-refractivity contribution is -0.121. The third kappa shape index (κ3) is 8.64. The van der Waals surface area contributed by atoms with E-state index in [9.17, 15) is 13.2 Å². The smallest absolute Gasteiger partial charge is 0.261 e. The van der Waals surface area contributed by atoms with E-state index in [2.05, 4.69) is 30.3 Å². The zero-order chi connectivity index (χ0) is 19.7. The molecule has 2 aromatic rings. The van der Waals surface area contributed by atoms with Gasteiger partial charge >= 0.3 is 0 Å². The van der Waals surface area contributed by atoms with Crippen LogP contribution < -0.4 is 10.5 Å². The number of amides is 1. The van der Waals surface area contributed by atoms with Gasteiger partial charge in [-0.1, -0.05) is 43.3 Å². The van der Waals surface area contributed by atoms with E-state index in [-0.39, 0.29) is 11.8 Å². The Morgan fingerprint density at radius 2 is 1.73 bits per heavy atom. The van der Waals surface area contributed by atoms with Crippen LogP contribution in [-0.4, -0.2) is 32.2 Å². The molecule has 2 rings (SSSR count). The lowest BCUT2D eigenvalue weighted by Crippen LogP contribution is -2.20. The largest absolute Gasteiger partial charge is 0.497 e. The number of hydrogen-bond acceptors (Lipinski definition) is 4. The molecule has 0 fully saturated rings. The Balaban J connectivity index is 0.000000597. The van der Waals surface area contributed by atoms with Gasteiger partial charge in [-0.2, -0.15) is 8.42 Å². The minimum absolute atomic E-state index is 0.0805. The van der Waals surface area contributed by atoms with E-state index in [4.69, 9.17) is 15.0 Å². The third-order valence-electron chi connectivity index (χ3n) is 3.71. The second-order valence-corrected chi connectivity index (χ2v) is 7.47. The summed E-state index contributed by atoms with van der Waals surface area (Å²) >= 11 is 0. The summed E-state index contributed by atoms with van der Waals surface area (Å²) in [4.78, 5) is 11.0. The topological polar surface area (TPSA) is 107 Å². The molecule has 0 aliphatic carbocycles. The minimum Gasteiger partial charge on any atom is -0.497 e. The maximum atomic E-state index is 11.0. The molecular formula is C19H25NO5S. The van der Waals surface area contributed by atoms with Gasteiger partial charge in [0.05, 0.1) is 13.4 Å². The number of carbonyl (C=O) groups is 1. The number of rotatable bonds is 6. The van der Waals surface area contributed by atoms with Gasteiger partial charge in [0.1, 0.15) is 5.75 Å². The van der Waals surface area contributed by atoms with Gasteiger partial charge in [-0.05, 0) is 41.7 Å². The van der Waals surface area contributed by atoms with Crippen molar-refractivity contribution in [2.45, 2.75) is 19.8 Å². The summed E-state index contributed by atoms with van der Waals surface area (Å²) in [5.41, 5.74) is 8.78. The molecule has 0 aliphatic rings. The van der Waals surface area contributed by atoms with Gasteiger partial charge in [0.25, 0.3) is 10.1 Å². The summed E-state index contributed by atoms with van der Waals surface area (Å²) in [5, 5.41) is 0. The van der Waals surface area contributed by atoms with E-state index >= 15 is 0 Å². The summed E-state index contributed by atoms with van der Waals surface area (Å²) in [5.74, 6) is 0.540. The van der Waals surface area contributed by atoms with E-state index in [1.165, 1.54) is 5.56 Å². The SMILES string of the molecule is COc1cccc(-c2ccc(CC[C@@H](C)C(N)=O)cc2)c1.CS(=O)(=O)O. The number of hydrogen-bond donors (Lipinski definition) is 2. The molecule has 2 aromatic carbocycles. The highest BCUT2D eigenvalue weighted by Crippen LogP contribution is 2.24. The van der Waals surface area contributed by atoms with Gasteiger partial charge in [0.15, 0.2) is 0 Å². The molecule has 0 unspecified atom stereocenters. The standard InChI is InChI=1S/C18H21NO2.CH4O3S/c1-13(18(19)20)6-7-14-8-10-15(11-9-14)16-4-3-5-17(12-16)21-2;1-5(2,3)4/h3-5,8-13H,6-7H2,1-2H3,(H2,19,20);1H3,(H,2,3,4)/t13-;/m1./s1. The maximum absolute atomic E-state index is 11.0. The first-order chi connectivity index (χ1) is 12.1. The van der Waals surface area contributed by atoms with E-state index in [0.717, 1.165) is 29.7 Å². The molecule has 1 atom stereocenters. The van der Waals surface area contributed by atoms with Crippen LogP contribution in [0.2, 0.25) is 0 Å². The Morgan fingerprint density at radius 3 is 2.23 bits per heavy atom. The van der Waals surface area contributed by atoms with Crippen LogP contribution in [0.25, 0.3) is 11.1 Å². The van der Waals surface area contributed by atoms with E-state index in [0.29, 0.717) is 6.26 Å². The lowest BCUT2D eigenvalue weighted by Gasteiger charge is -2.08. The summed E-state index contributed by atoms with van der Waals surface area (Å²) < 4.78 is 31.1. The zero-order valence-electron chi connectivity index (χ0n) is 15.2. The fraction of sp³-hybridized carbons (Fsp3) is 0.316. The molecule has 142 valence electrons. The second kappa shape index (κ2) is 9.94. The number of methoxy groups -OCH3 is 1. The number of nitrogens with two attached hydrogens (primary N) is 1. The van der Waals surface area contributed by atoms with Crippen LogP contribution in [0.1, 0.15) is 18.9 Å². The summed E-state index contributed by atoms with van der Waals surface area (Å²) in [6.45, 7) is 1.87. The van der Waals surface area contributed by atoms with Crippen LogP contribution in [0, 0.1) is 5.92 Å². The predicted molar refractivity (Wildman–Crippen MR) is 103 cm³/mol. The van der Waals surface area contributed by atoms with Crippen molar-refractivity contribution in [1.82, 2.24) is 0 Å². The molecular weight excluding hydrogens is 354 g/mol. The van der Waals surface area contributed by atoms with Gasteiger partial charge in [0.2, 0.25) is 5.91 Å². The van der Waals surface area contributed by atoms with Crippen molar-refractivity contribution >= 4 is 16.0 Å². The van der Waals surface area contributed by atoms with Gasteiger partial charge < -0.3 is 10.5 Å². The average molecular weight is 379 g/mol. The number of ether oxygens (including phenoxy) is 1. The van der Waals surface area contributed by atoms with Gasteiger partial charge in [0, 0.05) is 5.92 Å². The van der Waals surface area contributed by atoms with Crippen molar-refractivity contribution in [1.29, 1.82) is 0 Å². The first kappa shape index (κ1) is 21.7. The van der Waals surface area contributed by atoms with Gasteiger partial charge in [-0.15, -0.1) is 0 Å². The molecule has 1 amide bonds. The third-order valence-corrected chi connectivity index (χ3v) is 3.71. The molecule has 0 bridgehead atoms. The van der Waals surface area contributed by atoms with Gasteiger partial charge in [-0.3, -0.25) is 9.35 Å². The fourth-order valence-corrected chi connectivity index (χ4v) is 2.19. The quantitative estimate of drug-likeness (QED) is 0.751. The molecule has 0 radical (unpaired) electrons. The van der Waals surface area contributed by atoms with Crippen LogP contribution in [0.3, 0.4) is 0 Å². The normalized spacial score (nSPS) is 11.8. The van der Waals surface area contributed by atoms with E-state index in [1.54, 1.807) is 7.11 Å². The summed E-state index contributed by atoms with van der Waals surface area (Å²) in [6, 6.07) is 16.4. The molecule has 7 heteroatoms. The van der Waals surface area contributed by atoms with Crippen molar-refractivity contribution < 1.29 is 22.5 Å². The number of benzene rings is 2. The highest BCUT2D eigenvalue weighted by molar-refractivity contribution is 7.85. The van der Waals surface area contributed by atoms with Crippen LogP contribution >= 0.6 is 0 Å². The number of primary amides is 1. The van der Waals surface area contributed by atoms with Crippen molar-refractivity contribution in [2.75, 3.05) is 13.4 Å². The van der Waals surface area contributed by atoms with E-state index < -0.39 is 10.1 Å². The van der Waals surface area contributed by atoms with Crippen LogP contribution in [0.5, 0.6) is 5.75 Å².